The number of nitrogens with two attached hydrogens (primary N) is 1. The quantitative estimate of drug-likeness (QED) is 0.596. The highest BCUT2D eigenvalue weighted by Gasteiger charge is 2.66. The van der Waals surface area contributed by atoms with Crippen molar-refractivity contribution in [3.8, 4) is 0 Å². The van der Waals surface area contributed by atoms with Crippen molar-refractivity contribution in [1.29, 1.82) is 0 Å². The second kappa shape index (κ2) is 8.22. The topological polar surface area (TPSA) is 94.3 Å². The summed E-state index contributed by atoms with van der Waals surface area (Å²) in [6, 6.07) is 9.31. The van der Waals surface area contributed by atoms with Gasteiger partial charge in [0.05, 0.1) is 17.0 Å². The van der Waals surface area contributed by atoms with Gasteiger partial charge in [-0.2, -0.15) is 0 Å². The number of nitrogens with one attached hydrogen (secondary N) is 1. The van der Waals surface area contributed by atoms with Crippen molar-refractivity contribution in [2.45, 2.75) is 81.5 Å². The molecule has 3 fully saturated rings. The Bertz CT molecular complexity index is 1430. The van der Waals surface area contributed by atoms with E-state index in [1.807, 2.05) is 12.4 Å². The zero-order chi connectivity index (χ0) is 25.5. The smallest absolute Gasteiger partial charge is 0.210 e. The normalized spacial score (nSPS) is 38.5. The number of nitrogens with zero attached hydrogens (tertiary/aromatic N) is 1. The lowest BCUT2D eigenvalue weighted by Crippen LogP contribution is -2.55. The number of ether oxygens (including phenoxy) is 1. The summed E-state index contributed by atoms with van der Waals surface area (Å²) < 4.78 is 30.2. The first-order valence-corrected chi connectivity index (χ1v) is 15.6. The number of pyridine rings is 1. The summed E-state index contributed by atoms with van der Waals surface area (Å²) in [6.07, 6.45) is 17.4. The Morgan fingerprint density at radius 2 is 2.05 bits per heavy atom. The number of benzene rings is 1. The van der Waals surface area contributed by atoms with Gasteiger partial charge in [-0.25, -0.2) is 13.6 Å². The van der Waals surface area contributed by atoms with E-state index in [9.17, 15) is 8.42 Å². The van der Waals surface area contributed by atoms with E-state index in [-0.39, 0.29) is 28.4 Å². The number of sulfonamides is 1. The van der Waals surface area contributed by atoms with Crippen LogP contribution in [0.4, 0.5) is 0 Å². The van der Waals surface area contributed by atoms with Crippen molar-refractivity contribution < 1.29 is 13.2 Å². The Kier molecular flexibility index (Phi) is 5.33. The number of allylic oxidation sites excluding steroid dienone is 1. The monoisotopic (exact) mass is 519 g/mol. The minimum Gasteiger partial charge on any atom is -0.359 e. The lowest BCUT2D eigenvalue weighted by Gasteiger charge is -2.54. The molecule has 1 aromatic carbocycles. The third-order valence-electron chi connectivity index (χ3n) is 10.6. The molecule has 2 aliphatic heterocycles. The molecule has 37 heavy (non-hydrogen) atoms. The van der Waals surface area contributed by atoms with Crippen LogP contribution in [0.1, 0.15) is 69.8 Å². The van der Waals surface area contributed by atoms with Crippen molar-refractivity contribution in [2.24, 2.45) is 16.5 Å². The van der Waals surface area contributed by atoms with Crippen molar-refractivity contribution in [3.63, 3.8) is 0 Å². The van der Waals surface area contributed by atoms with Gasteiger partial charge in [0.2, 0.25) is 10.0 Å². The SMILES string of the molecule is C[C@]12CC=C3C=C4CC[C@H](NCCS(N)(=O)=O)C[C@]45CC[C@]3(O5)[C@@H]1CC[C@@H]2c1ccc2ccncc2c1. The molecule has 3 aliphatic carbocycles. The van der Waals surface area contributed by atoms with Crippen LogP contribution in [-0.2, 0) is 14.8 Å². The standard InChI is InChI=1S/C30H37N3O3S/c1-28-10-8-24-17-23-4-5-25(33-14-15-37(31,34)35)18-29(23)11-12-30(24,36-29)27(28)7-6-26(28)21-3-2-20-9-13-32-19-22(20)16-21/h2-3,8-9,13,16-17,19,25-27,33H,4-7,10-12,14-15,18H2,1H3,(H2,31,34,35)/t25-,26+,27+,28+,29+,30+/m0/s1. The highest BCUT2D eigenvalue weighted by Crippen LogP contribution is 2.69. The summed E-state index contributed by atoms with van der Waals surface area (Å²) in [6.45, 7) is 2.91. The van der Waals surface area contributed by atoms with E-state index in [1.165, 1.54) is 40.3 Å². The molecular weight excluding hydrogens is 482 g/mol. The molecule has 2 bridgehead atoms. The lowest BCUT2D eigenvalue weighted by molar-refractivity contribution is -0.136. The molecule has 0 radical (unpaired) electrons. The van der Waals surface area contributed by atoms with Gasteiger partial charge in [0.25, 0.3) is 0 Å². The Labute approximate surface area is 219 Å². The molecule has 6 atom stereocenters. The van der Waals surface area contributed by atoms with Gasteiger partial charge in [0, 0.05) is 30.4 Å². The Morgan fingerprint density at radius 1 is 1.16 bits per heavy atom. The minimum absolute atomic E-state index is 0.0243. The summed E-state index contributed by atoms with van der Waals surface area (Å²) in [5.41, 5.74) is 4.10. The molecular formula is C30H37N3O3S. The highest BCUT2D eigenvalue weighted by molar-refractivity contribution is 7.89. The van der Waals surface area contributed by atoms with Crippen LogP contribution in [0.25, 0.3) is 10.8 Å². The van der Waals surface area contributed by atoms with Gasteiger partial charge in [-0.15, -0.1) is 0 Å². The average Bonchev–Trinajstić information content (AvgIpc) is 3.38. The van der Waals surface area contributed by atoms with Crippen LogP contribution in [0.2, 0.25) is 0 Å². The van der Waals surface area contributed by atoms with Gasteiger partial charge < -0.3 is 10.1 Å². The van der Waals surface area contributed by atoms with E-state index in [0.717, 1.165) is 38.5 Å². The zero-order valence-corrected chi connectivity index (χ0v) is 22.4. The first-order chi connectivity index (χ1) is 17.7. The molecule has 7 heteroatoms. The van der Waals surface area contributed by atoms with E-state index < -0.39 is 10.0 Å². The molecule has 3 heterocycles. The summed E-state index contributed by atoms with van der Waals surface area (Å²) in [5.74, 6) is 0.991. The fourth-order valence-corrected chi connectivity index (χ4v) is 9.26. The molecule has 1 saturated heterocycles. The predicted octanol–water partition coefficient (Wildman–Crippen LogP) is 4.72. The number of rotatable bonds is 5. The first kappa shape index (κ1) is 24.0. The largest absolute Gasteiger partial charge is 0.359 e. The van der Waals surface area contributed by atoms with E-state index in [0.29, 0.717) is 18.4 Å². The first-order valence-electron chi connectivity index (χ1n) is 13.9. The molecule has 2 aromatic rings. The maximum atomic E-state index is 11.4. The molecule has 6 nitrogen and oxygen atoms in total. The summed E-state index contributed by atoms with van der Waals surface area (Å²) in [4.78, 5) is 4.36. The van der Waals surface area contributed by atoms with Crippen LogP contribution >= 0.6 is 0 Å². The van der Waals surface area contributed by atoms with Crippen LogP contribution < -0.4 is 10.5 Å². The fourth-order valence-electron chi connectivity index (χ4n) is 8.85. The summed E-state index contributed by atoms with van der Waals surface area (Å²) >= 11 is 0. The van der Waals surface area contributed by atoms with Gasteiger partial charge in [-0.3, -0.25) is 4.98 Å². The number of fused-ring (bicyclic) bond motifs is 2. The second-order valence-electron chi connectivity index (χ2n) is 12.5. The molecule has 0 unspecified atom stereocenters. The maximum absolute atomic E-state index is 11.4. The van der Waals surface area contributed by atoms with Crippen LogP contribution in [0.5, 0.6) is 0 Å². The molecule has 5 aliphatic rings. The number of aromatic nitrogens is 1. The zero-order valence-electron chi connectivity index (χ0n) is 21.6. The molecule has 196 valence electrons. The highest BCUT2D eigenvalue weighted by atomic mass is 32.2. The molecule has 3 N–H and O–H groups in total. The van der Waals surface area contributed by atoms with E-state index in [2.05, 4.69) is 53.6 Å². The number of hydrogen-bond acceptors (Lipinski definition) is 5. The summed E-state index contributed by atoms with van der Waals surface area (Å²) in [5, 5.41) is 11.2. The Balaban J connectivity index is 1.17. The predicted molar refractivity (Wildman–Crippen MR) is 145 cm³/mol. The molecule has 7 rings (SSSR count). The van der Waals surface area contributed by atoms with Crippen LogP contribution in [0.3, 0.4) is 0 Å². The van der Waals surface area contributed by atoms with Crippen molar-refractivity contribution >= 4 is 20.8 Å². The van der Waals surface area contributed by atoms with Crippen LogP contribution in [-0.4, -0.2) is 42.9 Å². The lowest BCUT2D eigenvalue weighted by atomic mass is 9.58. The van der Waals surface area contributed by atoms with Crippen molar-refractivity contribution in [2.75, 3.05) is 12.3 Å². The van der Waals surface area contributed by atoms with Crippen molar-refractivity contribution in [3.05, 3.63) is 65.5 Å². The molecule has 0 amide bonds. The molecule has 2 saturated carbocycles. The van der Waals surface area contributed by atoms with Gasteiger partial charge in [-0.1, -0.05) is 31.2 Å². The second-order valence-corrected chi connectivity index (χ2v) is 14.2. The average molecular weight is 520 g/mol. The Morgan fingerprint density at radius 3 is 2.92 bits per heavy atom. The van der Waals surface area contributed by atoms with E-state index >= 15 is 0 Å². The maximum Gasteiger partial charge on any atom is 0.210 e. The number of primary sulfonamides is 1. The van der Waals surface area contributed by atoms with Gasteiger partial charge in [0.15, 0.2) is 0 Å². The van der Waals surface area contributed by atoms with Gasteiger partial charge >= 0.3 is 0 Å². The molecule has 2 spiro atoms. The Hall–Kier alpha value is -2.06. The third-order valence-corrected chi connectivity index (χ3v) is 11.3. The summed E-state index contributed by atoms with van der Waals surface area (Å²) in [7, 11) is -3.45. The van der Waals surface area contributed by atoms with Crippen LogP contribution in [0, 0.1) is 11.3 Å². The van der Waals surface area contributed by atoms with E-state index in [4.69, 9.17) is 9.88 Å². The van der Waals surface area contributed by atoms with E-state index in [1.54, 1.807) is 0 Å². The third kappa shape index (κ3) is 3.68. The minimum atomic E-state index is -3.45. The molecule has 1 aromatic heterocycles. The van der Waals surface area contributed by atoms with Crippen molar-refractivity contribution in [1.82, 2.24) is 10.3 Å². The van der Waals surface area contributed by atoms with Gasteiger partial charge in [0.1, 0.15) is 0 Å². The fraction of sp³-hybridized carbons (Fsp3) is 0.567. The number of hydrogen-bond donors (Lipinski definition) is 2. The van der Waals surface area contributed by atoms with Crippen LogP contribution in [0.15, 0.2) is 60.0 Å². The van der Waals surface area contributed by atoms with Gasteiger partial charge in [-0.05, 0) is 103 Å².